The fourth-order valence-corrected chi connectivity index (χ4v) is 8.64. The van der Waals surface area contributed by atoms with Gasteiger partial charge in [0.15, 0.2) is 0 Å². The molecular weight excluding hydrogens is 819 g/mol. The SMILES string of the molecule is CCCCCCCCCCCCCCC#CCCCc1ccccc1/N=C(CCCCCCCC)\C(C)=N\c1ccccc1CCCC#CCCCCCCCCCCCCCC.[Ni]. The van der Waals surface area contributed by atoms with Crippen LogP contribution in [-0.4, -0.2) is 11.4 Å². The van der Waals surface area contributed by atoms with Crippen molar-refractivity contribution in [2.24, 2.45) is 9.98 Å². The average molecular weight is 918 g/mol. The Hall–Kier alpha value is -2.61. The van der Waals surface area contributed by atoms with Gasteiger partial charge < -0.3 is 0 Å². The summed E-state index contributed by atoms with van der Waals surface area (Å²) in [5.41, 5.74) is 7.03. The third-order valence-electron chi connectivity index (χ3n) is 12.8. The molecule has 2 aromatic rings. The molecule has 0 radical (unpaired) electrons. The van der Waals surface area contributed by atoms with Crippen molar-refractivity contribution in [1.29, 1.82) is 0 Å². The van der Waals surface area contributed by atoms with Gasteiger partial charge in [-0.3, -0.25) is 9.98 Å². The molecule has 3 heteroatoms. The van der Waals surface area contributed by atoms with E-state index in [0.29, 0.717) is 0 Å². The quantitative estimate of drug-likeness (QED) is 0.0275. The van der Waals surface area contributed by atoms with Crippen LogP contribution in [0.2, 0.25) is 0 Å². The fraction of sp³-hybridized carbons (Fsp3) is 0.705. The second kappa shape index (κ2) is 45.5. The summed E-state index contributed by atoms with van der Waals surface area (Å²) < 4.78 is 0. The number of rotatable bonds is 40. The Morgan fingerprint density at radius 2 is 0.656 bits per heavy atom. The third kappa shape index (κ3) is 33.8. The Labute approximate surface area is 408 Å². The average Bonchev–Trinajstić information content (AvgIpc) is 3.30. The summed E-state index contributed by atoms with van der Waals surface area (Å²) in [6.45, 7) is 9.07. The summed E-state index contributed by atoms with van der Waals surface area (Å²) in [6.07, 6.45) is 50.3. The van der Waals surface area contributed by atoms with Gasteiger partial charge in [-0.25, -0.2) is 0 Å². The summed E-state index contributed by atoms with van der Waals surface area (Å²) in [6, 6.07) is 17.5. The Kier molecular flexibility index (Phi) is 42.3. The van der Waals surface area contributed by atoms with Crippen molar-refractivity contribution in [2.45, 2.75) is 278 Å². The van der Waals surface area contributed by atoms with Crippen LogP contribution in [0, 0.1) is 23.7 Å². The zero-order valence-electron chi connectivity index (χ0n) is 42.4. The number of benzene rings is 2. The topological polar surface area (TPSA) is 24.7 Å². The fourth-order valence-electron chi connectivity index (χ4n) is 8.64. The molecule has 362 valence electrons. The van der Waals surface area contributed by atoms with E-state index in [9.17, 15) is 0 Å². The summed E-state index contributed by atoms with van der Waals surface area (Å²) in [5, 5.41) is 0. The van der Waals surface area contributed by atoms with Crippen LogP contribution in [0.1, 0.15) is 276 Å². The Balaban J connectivity index is 0.0000205. The van der Waals surface area contributed by atoms with Crippen LogP contribution in [0.25, 0.3) is 0 Å². The second-order valence-corrected chi connectivity index (χ2v) is 18.7. The normalized spacial score (nSPS) is 11.5. The van der Waals surface area contributed by atoms with Gasteiger partial charge in [-0.15, -0.1) is 23.7 Å². The van der Waals surface area contributed by atoms with Gasteiger partial charge in [-0.2, -0.15) is 0 Å². The molecule has 0 fully saturated rings. The zero-order valence-corrected chi connectivity index (χ0v) is 43.4. The van der Waals surface area contributed by atoms with Gasteiger partial charge in [0.05, 0.1) is 22.8 Å². The van der Waals surface area contributed by atoms with Gasteiger partial charge in [-0.05, 0) is 81.5 Å². The maximum Gasteiger partial charge on any atom is 0.0665 e. The summed E-state index contributed by atoms with van der Waals surface area (Å²) >= 11 is 0. The predicted molar refractivity (Wildman–Crippen MR) is 284 cm³/mol. The van der Waals surface area contributed by atoms with E-state index in [2.05, 4.69) is 99.9 Å². The van der Waals surface area contributed by atoms with Gasteiger partial charge in [0, 0.05) is 42.2 Å². The molecule has 0 spiro atoms. The Morgan fingerprint density at radius 3 is 1.03 bits per heavy atom. The molecule has 2 rings (SSSR count). The molecule has 0 aliphatic heterocycles. The molecule has 0 saturated carbocycles. The third-order valence-corrected chi connectivity index (χ3v) is 12.8. The number of para-hydroxylation sites is 2. The molecule has 2 nitrogen and oxygen atoms in total. The number of unbranched alkanes of at least 4 members (excludes halogenated alkanes) is 31. The summed E-state index contributed by atoms with van der Waals surface area (Å²) in [5.74, 6) is 13.9. The van der Waals surface area contributed by atoms with E-state index in [4.69, 9.17) is 9.98 Å². The van der Waals surface area contributed by atoms with E-state index in [1.54, 1.807) is 0 Å². The van der Waals surface area contributed by atoms with Crippen LogP contribution in [0.4, 0.5) is 11.4 Å². The number of aryl methyl sites for hydroxylation is 2. The molecule has 0 aliphatic carbocycles. The van der Waals surface area contributed by atoms with E-state index in [0.717, 1.165) is 87.0 Å². The maximum atomic E-state index is 5.40. The standard InChI is InChI=1S/C61H98N2.Ni/c1-5-8-11-14-17-19-21-23-25-27-29-31-33-35-37-39-42-49-57-51-45-47-54-60(57)62-56(4)59(53-44-41-16-13-10-7-3)63-61-55-48-46-52-58(61)50-43-40-38-36-34-32-30-28-26-24-22-20-18-15-12-9-6-2;/h45-48,51-52,54-55H,5-34,39-44,49-50,53H2,1-4H3;/b62-56+,63-59-;. The van der Waals surface area contributed by atoms with Crippen LogP contribution in [0.15, 0.2) is 58.5 Å². The van der Waals surface area contributed by atoms with Gasteiger partial charge in [0.1, 0.15) is 0 Å². The molecule has 0 aliphatic rings. The Bertz CT molecular complexity index is 1550. The largest absolute Gasteiger partial charge is 0.252 e. The van der Waals surface area contributed by atoms with E-state index in [1.165, 1.54) is 197 Å². The van der Waals surface area contributed by atoms with Gasteiger partial charge in [0.25, 0.3) is 0 Å². The number of aliphatic imine (C=N–C) groups is 2. The minimum absolute atomic E-state index is 0. The number of hydrogen-bond acceptors (Lipinski definition) is 2. The van der Waals surface area contributed by atoms with Crippen molar-refractivity contribution in [1.82, 2.24) is 0 Å². The molecule has 0 atom stereocenters. The summed E-state index contributed by atoms with van der Waals surface area (Å²) in [7, 11) is 0. The van der Waals surface area contributed by atoms with Crippen molar-refractivity contribution >= 4 is 22.8 Å². The maximum absolute atomic E-state index is 5.40. The van der Waals surface area contributed by atoms with Gasteiger partial charge in [0.2, 0.25) is 0 Å². The van der Waals surface area contributed by atoms with Crippen LogP contribution in [0.5, 0.6) is 0 Å². The van der Waals surface area contributed by atoms with E-state index < -0.39 is 0 Å². The van der Waals surface area contributed by atoms with Crippen LogP contribution in [-0.2, 0) is 29.3 Å². The van der Waals surface area contributed by atoms with E-state index in [-0.39, 0.29) is 16.5 Å². The second-order valence-electron chi connectivity index (χ2n) is 18.7. The van der Waals surface area contributed by atoms with Crippen molar-refractivity contribution in [3.8, 4) is 23.7 Å². The first-order valence-electron chi connectivity index (χ1n) is 27.4. The van der Waals surface area contributed by atoms with Gasteiger partial charge >= 0.3 is 0 Å². The number of nitrogens with zero attached hydrogens (tertiary/aromatic N) is 2. The van der Waals surface area contributed by atoms with Crippen molar-refractivity contribution in [3.63, 3.8) is 0 Å². The van der Waals surface area contributed by atoms with E-state index in [1.807, 2.05) is 0 Å². The molecule has 64 heavy (non-hydrogen) atoms. The van der Waals surface area contributed by atoms with Crippen molar-refractivity contribution in [2.75, 3.05) is 0 Å². The molecule has 0 aromatic heterocycles. The molecular formula is C61H98N2Ni. The van der Waals surface area contributed by atoms with Crippen LogP contribution < -0.4 is 0 Å². The minimum Gasteiger partial charge on any atom is -0.252 e. The molecule has 0 heterocycles. The molecule has 0 N–H and O–H groups in total. The zero-order chi connectivity index (χ0) is 44.9. The molecule has 0 saturated heterocycles. The first-order chi connectivity index (χ1) is 31.2. The Morgan fingerprint density at radius 1 is 0.359 bits per heavy atom. The van der Waals surface area contributed by atoms with Crippen molar-refractivity contribution < 1.29 is 16.5 Å². The predicted octanol–water partition coefficient (Wildman–Crippen LogP) is 20.1. The van der Waals surface area contributed by atoms with E-state index >= 15 is 0 Å². The molecule has 2 aromatic carbocycles. The molecule has 0 amide bonds. The first-order valence-corrected chi connectivity index (χ1v) is 27.4. The minimum atomic E-state index is 0. The van der Waals surface area contributed by atoms with Crippen LogP contribution >= 0.6 is 0 Å². The van der Waals surface area contributed by atoms with Gasteiger partial charge in [-0.1, -0.05) is 231 Å². The smallest absolute Gasteiger partial charge is 0.0665 e. The van der Waals surface area contributed by atoms with Crippen LogP contribution in [0.3, 0.4) is 0 Å². The molecule has 0 unspecified atom stereocenters. The molecule has 0 bridgehead atoms. The van der Waals surface area contributed by atoms with Crippen molar-refractivity contribution in [3.05, 3.63) is 59.7 Å². The summed E-state index contributed by atoms with van der Waals surface area (Å²) in [4.78, 5) is 10.7. The monoisotopic (exact) mass is 917 g/mol. The first kappa shape index (κ1) is 59.4. The number of hydrogen-bond donors (Lipinski definition) is 0.